The average Bonchev–Trinajstić information content (AvgIpc) is 2.69. The Kier molecular flexibility index (Phi) is 8.04. The van der Waals surface area contributed by atoms with E-state index in [4.69, 9.17) is 23.2 Å². The highest BCUT2D eigenvalue weighted by Gasteiger charge is 2.31. The number of amides is 1. The lowest BCUT2D eigenvalue weighted by Gasteiger charge is -2.21. The van der Waals surface area contributed by atoms with Crippen LogP contribution in [-0.2, 0) is 9.59 Å². The van der Waals surface area contributed by atoms with Crippen LogP contribution in [0.1, 0.15) is 34.6 Å². The minimum absolute atomic E-state index is 0.177. The predicted molar refractivity (Wildman–Crippen MR) is 127 cm³/mol. The maximum Gasteiger partial charge on any atom is 0.278 e. The van der Waals surface area contributed by atoms with Gasteiger partial charge >= 0.3 is 0 Å². The van der Waals surface area contributed by atoms with Crippen LogP contribution in [0.5, 0.6) is 0 Å². The molecule has 1 amide bonds. The first kappa shape index (κ1) is 23.9. The summed E-state index contributed by atoms with van der Waals surface area (Å²) in [5, 5.41) is 3.40. The standard InChI is InChI=1S/C23H27Cl2N3O2/c1-6-28(7-2)17-11-9-16(10-12-17)26-20(21(29)23(3,4)5)22(30)27-19-13-8-15(24)14-18(19)25/h8-14H,6-7H2,1-5H3,(H,27,30). The number of benzene rings is 2. The summed E-state index contributed by atoms with van der Waals surface area (Å²) >= 11 is 12.1. The number of nitrogens with zero attached hydrogens (tertiary/aromatic N) is 2. The Bertz CT molecular complexity index is 944. The molecule has 0 aliphatic carbocycles. The van der Waals surface area contributed by atoms with Gasteiger partial charge in [-0.2, -0.15) is 0 Å². The molecule has 0 unspecified atom stereocenters. The molecule has 30 heavy (non-hydrogen) atoms. The molecule has 5 nitrogen and oxygen atoms in total. The number of hydrogen-bond donors (Lipinski definition) is 1. The first-order chi connectivity index (χ1) is 14.1. The highest BCUT2D eigenvalue weighted by molar-refractivity contribution is 6.68. The second-order valence-electron chi connectivity index (χ2n) is 7.81. The van der Waals surface area contributed by atoms with Crippen LogP contribution in [0.25, 0.3) is 0 Å². The second-order valence-corrected chi connectivity index (χ2v) is 8.65. The lowest BCUT2D eigenvalue weighted by atomic mass is 9.87. The van der Waals surface area contributed by atoms with Gasteiger partial charge in [-0.25, -0.2) is 4.99 Å². The number of halogens is 2. The molecule has 0 aliphatic heterocycles. The van der Waals surface area contributed by atoms with Gasteiger partial charge < -0.3 is 10.2 Å². The molecule has 0 radical (unpaired) electrons. The van der Waals surface area contributed by atoms with Crippen molar-refractivity contribution in [1.82, 2.24) is 0 Å². The monoisotopic (exact) mass is 447 g/mol. The largest absolute Gasteiger partial charge is 0.372 e. The van der Waals surface area contributed by atoms with Crippen molar-refractivity contribution in [3.63, 3.8) is 0 Å². The van der Waals surface area contributed by atoms with Crippen molar-refractivity contribution in [2.75, 3.05) is 23.3 Å². The van der Waals surface area contributed by atoms with Gasteiger partial charge in [-0.1, -0.05) is 44.0 Å². The third-order valence-electron chi connectivity index (χ3n) is 4.51. The van der Waals surface area contributed by atoms with E-state index < -0.39 is 11.3 Å². The van der Waals surface area contributed by atoms with Crippen molar-refractivity contribution in [3.05, 3.63) is 52.5 Å². The molecule has 160 valence electrons. The molecule has 0 heterocycles. The smallest absolute Gasteiger partial charge is 0.278 e. The molecule has 2 aromatic rings. The van der Waals surface area contributed by atoms with E-state index in [1.807, 2.05) is 12.1 Å². The van der Waals surface area contributed by atoms with Gasteiger partial charge in [0.2, 0.25) is 0 Å². The Morgan fingerprint density at radius 2 is 1.60 bits per heavy atom. The van der Waals surface area contributed by atoms with Gasteiger partial charge in [0, 0.05) is 29.2 Å². The van der Waals surface area contributed by atoms with E-state index in [1.165, 1.54) is 6.07 Å². The van der Waals surface area contributed by atoms with E-state index in [-0.39, 0.29) is 16.5 Å². The number of carbonyl (C=O) groups excluding carboxylic acids is 2. The zero-order valence-electron chi connectivity index (χ0n) is 17.9. The van der Waals surface area contributed by atoms with Gasteiger partial charge in [0.25, 0.3) is 5.91 Å². The number of Topliss-reactive ketones (excluding diaryl/α,β-unsaturated/α-hetero) is 1. The molecule has 7 heteroatoms. The van der Waals surface area contributed by atoms with Crippen LogP contribution >= 0.6 is 23.2 Å². The summed E-state index contributed by atoms with van der Waals surface area (Å²) in [5.41, 5.74) is 0.985. The Morgan fingerprint density at radius 1 is 1.00 bits per heavy atom. The van der Waals surface area contributed by atoms with Gasteiger partial charge in [-0.15, -0.1) is 0 Å². The first-order valence-electron chi connectivity index (χ1n) is 9.81. The van der Waals surface area contributed by atoms with E-state index in [9.17, 15) is 9.59 Å². The number of anilines is 2. The Hall–Kier alpha value is -2.37. The van der Waals surface area contributed by atoms with Gasteiger partial charge in [0.15, 0.2) is 11.5 Å². The van der Waals surface area contributed by atoms with Crippen molar-refractivity contribution < 1.29 is 9.59 Å². The van der Waals surface area contributed by atoms with Gasteiger partial charge in [0.05, 0.1) is 16.4 Å². The molecular formula is C23H27Cl2N3O2. The molecule has 0 fully saturated rings. The molecule has 0 saturated carbocycles. The molecule has 2 aromatic carbocycles. The SMILES string of the molecule is CCN(CC)c1ccc(N=C(C(=O)Nc2ccc(Cl)cc2Cl)C(=O)C(C)(C)C)cc1. The molecular weight excluding hydrogens is 421 g/mol. The number of aliphatic imine (C=N–C) groups is 1. The van der Waals surface area contributed by atoms with E-state index in [0.717, 1.165) is 18.8 Å². The van der Waals surface area contributed by atoms with Gasteiger partial charge in [0.1, 0.15) is 0 Å². The fraction of sp³-hybridized carbons (Fsp3) is 0.348. The molecule has 1 N–H and O–H groups in total. The highest BCUT2D eigenvalue weighted by Crippen LogP contribution is 2.27. The topological polar surface area (TPSA) is 61.8 Å². The van der Waals surface area contributed by atoms with E-state index in [2.05, 4.69) is 29.1 Å². The van der Waals surface area contributed by atoms with Gasteiger partial charge in [-0.05, 0) is 56.3 Å². The molecule has 0 bridgehead atoms. The van der Waals surface area contributed by atoms with E-state index >= 15 is 0 Å². The van der Waals surface area contributed by atoms with Crippen molar-refractivity contribution in [2.45, 2.75) is 34.6 Å². The highest BCUT2D eigenvalue weighted by atomic mass is 35.5. The number of rotatable bonds is 7. The summed E-state index contributed by atoms with van der Waals surface area (Å²) in [6.45, 7) is 11.2. The van der Waals surface area contributed by atoms with Crippen LogP contribution in [0, 0.1) is 5.41 Å². The van der Waals surface area contributed by atoms with Crippen LogP contribution < -0.4 is 10.2 Å². The molecule has 0 atom stereocenters. The average molecular weight is 448 g/mol. The minimum atomic E-state index is -0.777. The molecule has 0 aliphatic rings. The Labute approximate surface area is 188 Å². The third kappa shape index (κ3) is 6.07. The summed E-state index contributed by atoms with van der Waals surface area (Å²) < 4.78 is 0. The van der Waals surface area contributed by atoms with Crippen molar-refractivity contribution >= 4 is 57.7 Å². The lowest BCUT2D eigenvalue weighted by Crippen LogP contribution is -2.37. The summed E-state index contributed by atoms with van der Waals surface area (Å²) in [6.07, 6.45) is 0. The fourth-order valence-corrected chi connectivity index (χ4v) is 3.24. The van der Waals surface area contributed by atoms with Gasteiger partial charge in [-0.3, -0.25) is 9.59 Å². The molecule has 2 rings (SSSR count). The van der Waals surface area contributed by atoms with Crippen LogP contribution in [0.2, 0.25) is 10.0 Å². The Balaban J connectivity index is 2.39. The quantitative estimate of drug-likeness (QED) is 0.407. The minimum Gasteiger partial charge on any atom is -0.372 e. The van der Waals surface area contributed by atoms with Crippen LogP contribution in [-0.4, -0.2) is 30.5 Å². The molecule has 0 saturated heterocycles. The van der Waals surface area contributed by atoms with Crippen molar-refractivity contribution in [2.24, 2.45) is 10.4 Å². The van der Waals surface area contributed by atoms with E-state index in [1.54, 1.807) is 45.0 Å². The number of hydrogen-bond acceptors (Lipinski definition) is 4. The van der Waals surface area contributed by atoms with Crippen molar-refractivity contribution in [1.29, 1.82) is 0 Å². The summed E-state index contributed by atoms with van der Waals surface area (Å²) in [6, 6.07) is 12.2. The van der Waals surface area contributed by atoms with Crippen molar-refractivity contribution in [3.8, 4) is 0 Å². The molecule has 0 spiro atoms. The lowest BCUT2D eigenvalue weighted by molar-refractivity contribution is -0.121. The van der Waals surface area contributed by atoms with Crippen LogP contribution in [0.3, 0.4) is 0 Å². The first-order valence-corrected chi connectivity index (χ1v) is 10.6. The second kappa shape index (κ2) is 10.1. The predicted octanol–water partition coefficient (Wildman–Crippen LogP) is 6.17. The molecule has 0 aromatic heterocycles. The van der Waals surface area contributed by atoms with E-state index in [0.29, 0.717) is 16.4 Å². The zero-order valence-corrected chi connectivity index (χ0v) is 19.4. The number of ketones is 1. The summed E-state index contributed by atoms with van der Waals surface area (Å²) in [5.74, 6) is -0.982. The summed E-state index contributed by atoms with van der Waals surface area (Å²) in [4.78, 5) is 32.5. The maximum absolute atomic E-state index is 13.0. The third-order valence-corrected chi connectivity index (χ3v) is 5.06. The Morgan fingerprint density at radius 3 is 2.10 bits per heavy atom. The summed E-state index contributed by atoms with van der Waals surface area (Å²) in [7, 11) is 0. The maximum atomic E-state index is 13.0. The van der Waals surface area contributed by atoms with Crippen LogP contribution in [0.4, 0.5) is 17.1 Å². The zero-order chi connectivity index (χ0) is 22.5. The van der Waals surface area contributed by atoms with Crippen LogP contribution in [0.15, 0.2) is 47.5 Å². The number of nitrogens with one attached hydrogen (secondary N) is 1. The fourth-order valence-electron chi connectivity index (χ4n) is 2.79. The number of carbonyl (C=O) groups is 2. The normalized spacial score (nSPS) is 11.9.